The van der Waals surface area contributed by atoms with Crippen molar-refractivity contribution in [3.05, 3.63) is 88.1 Å². The third kappa shape index (κ3) is 4.36. The van der Waals surface area contributed by atoms with E-state index in [1.54, 1.807) is 6.92 Å². The Bertz CT molecular complexity index is 1380. The molecule has 0 amide bonds. The van der Waals surface area contributed by atoms with Crippen LogP contribution in [0.3, 0.4) is 0 Å². The minimum atomic E-state index is -4.47. The third-order valence-electron chi connectivity index (χ3n) is 4.74. The van der Waals surface area contributed by atoms with Crippen LogP contribution in [0.1, 0.15) is 22.4 Å². The number of aromatic nitrogens is 4. The molecule has 2 heterocycles. The van der Waals surface area contributed by atoms with Crippen LogP contribution in [-0.4, -0.2) is 25.8 Å². The number of aryl methyl sites for hydroxylation is 1. The van der Waals surface area contributed by atoms with Crippen molar-refractivity contribution in [1.82, 2.24) is 19.6 Å². The van der Waals surface area contributed by atoms with Crippen molar-refractivity contribution in [1.29, 1.82) is 5.26 Å². The standard InChI is InChI=1S/C22H13ClF4N6/c1-13-19(20(23)32(31-13)17-8-4-16(24)5-9-17)12-29-21-14(10-28)11-30-33(21)18-6-2-15(3-7-18)22(25,26)27/h2-9,11-12H,1H3. The lowest BCUT2D eigenvalue weighted by molar-refractivity contribution is -0.137. The Morgan fingerprint density at radius 2 is 1.64 bits per heavy atom. The van der Waals surface area contributed by atoms with Gasteiger partial charge in [-0.3, -0.25) is 0 Å². The highest BCUT2D eigenvalue weighted by molar-refractivity contribution is 6.32. The molecule has 0 saturated heterocycles. The fourth-order valence-corrected chi connectivity index (χ4v) is 3.38. The van der Waals surface area contributed by atoms with E-state index < -0.39 is 17.6 Å². The first kappa shape index (κ1) is 22.2. The molecule has 4 aromatic rings. The number of benzene rings is 2. The van der Waals surface area contributed by atoms with Gasteiger partial charge in [0.25, 0.3) is 0 Å². The van der Waals surface area contributed by atoms with E-state index >= 15 is 0 Å². The van der Waals surface area contributed by atoms with E-state index in [0.717, 1.165) is 12.1 Å². The molecule has 0 saturated carbocycles. The summed E-state index contributed by atoms with van der Waals surface area (Å²) in [5.74, 6) is -0.289. The molecule has 0 fully saturated rings. The molecule has 6 nitrogen and oxygen atoms in total. The molecule has 2 aromatic carbocycles. The van der Waals surface area contributed by atoms with Gasteiger partial charge in [0.05, 0.1) is 34.4 Å². The lowest BCUT2D eigenvalue weighted by Crippen LogP contribution is -2.05. The molecule has 0 atom stereocenters. The number of nitrogens with zero attached hydrogens (tertiary/aromatic N) is 6. The van der Waals surface area contributed by atoms with Gasteiger partial charge >= 0.3 is 6.18 Å². The minimum absolute atomic E-state index is 0.113. The van der Waals surface area contributed by atoms with Crippen molar-refractivity contribution < 1.29 is 17.6 Å². The summed E-state index contributed by atoms with van der Waals surface area (Å²) in [6.07, 6.45) is -1.82. The molecule has 4 rings (SSSR count). The van der Waals surface area contributed by atoms with E-state index in [1.165, 1.54) is 58.2 Å². The molecule has 0 spiro atoms. The van der Waals surface area contributed by atoms with E-state index in [2.05, 4.69) is 15.2 Å². The summed E-state index contributed by atoms with van der Waals surface area (Å²) in [5.41, 5.74) is 1.11. The second-order valence-corrected chi connectivity index (χ2v) is 7.24. The number of hydrogen-bond acceptors (Lipinski definition) is 4. The average Bonchev–Trinajstić information content (AvgIpc) is 3.32. The molecule has 0 aliphatic carbocycles. The van der Waals surface area contributed by atoms with Gasteiger partial charge in [-0.05, 0) is 55.5 Å². The molecule has 0 aliphatic rings. The maximum Gasteiger partial charge on any atom is 0.416 e. The summed E-state index contributed by atoms with van der Waals surface area (Å²) in [4.78, 5) is 4.33. The molecular formula is C22H13ClF4N6. The van der Waals surface area contributed by atoms with Crippen molar-refractivity contribution in [2.75, 3.05) is 0 Å². The van der Waals surface area contributed by atoms with Crippen molar-refractivity contribution in [3.8, 4) is 17.4 Å². The van der Waals surface area contributed by atoms with Gasteiger partial charge in [-0.15, -0.1) is 0 Å². The van der Waals surface area contributed by atoms with Crippen LogP contribution in [0.2, 0.25) is 5.15 Å². The highest BCUT2D eigenvalue weighted by atomic mass is 35.5. The van der Waals surface area contributed by atoms with Crippen LogP contribution in [0.25, 0.3) is 11.4 Å². The predicted octanol–water partition coefficient (Wildman–Crippen LogP) is 5.80. The number of nitriles is 1. The zero-order chi connectivity index (χ0) is 23.8. The zero-order valence-corrected chi connectivity index (χ0v) is 17.6. The lowest BCUT2D eigenvalue weighted by Gasteiger charge is -2.08. The van der Waals surface area contributed by atoms with Crippen molar-refractivity contribution in [2.45, 2.75) is 13.1 Å². The first-order valence-corrected chi connectivity index (χ1v) is 9.77. The second-order valence-electron chi connectivity index (χ2n) is 6.89. The number of hydrogen-bond donors (Lipinski definition) is 0. The summed E-state index contributed by atoms with van der Waals surface area (Å²) in [6.45, 7) is 1.70. The maximum atomic E-state index is 13.2. The number of halogens is 5. The molecule has 11 heteroatoms. The number of alkyl halides is 3. The quantitative estimate of drug-likeness (QED) is 0.278. The normalized spacial score (nSPS) is 11.8. The lowest BCUT2D eigenvalue weighted by atomic mass is 10.2. The Morgan fingerprint density at radius 3 is 2.24 bits per heavy atom. The first-order chi connectivity index (χ1) is 15.7. The van der Waals surface area contributed by atoms with Crippen LogP contribution in [-0.2, 0) is 6.18 Å². The Hall–Kier alpha value is -3.97. The molecule has 0 aliphatic heterocycles. The van der Waals surface area contributed by atoms with Crippen LogP contribution in [0.4, 0.5) is 23.4 Å². The van der Waals surface area contributed by atoms with Gasteiger partial charge in [-0.1, -0.05) is 11.6 Å². The molecule has 0 unspecified atom stereocenters. The fourth-order valence-electron chi connectivity index (χ4n) is 3.06. The summed E-state index contributed by atoms with van der Waals surface area (Å²) >= 11 is 6.46. The average molecular weight is 473 g/mol. The Morgan fingerprint density at radius 1 is 1.03 bits per heavy atom. The minimum Gasteiger partial charge on any atom is -0.235 e. The smallest absolute Gasteiger partial charge is 0.235 e. The van der Waals surface area contributed by atoms with E-state index in [1.807, 2.05) is 6.07 Å². The van der Waals surface area contributed by atoms with Gasteiger partial charge in [-0.2, -0.15) is 28.6 Å². The van der Waals surface area contributed by atoms with Crippen LogP contribution >= 0.6 is 11.6 Å². The summed E-state index contributed by atoms with van der Waals surface area (Å²) < 4.78 is 54.5. The predicted molar refractivity (Wildman–Crippen MR) is 114 cm³/mol. The summed E-state index contributed by atoms with van der Waals surface area (Å²) in [7, 11) is 0. The molecule has 0 radical (unpaired) electrons. The molecule has 33 heavy (non-hydrogen) atoms. The molecule has 2 aromatic heterocycles. The Balaban J connectivity index is 1.72. The van der Waals surface area contributed by atoms with Gasteiger partial charge in [0.15, 0.2) is 5.82 Å². The molecule has 0 N–H and O–H groups in total. The maximum absolute atomic E-state index is 13.2. The molecular weight excluding hydrogens is 460 g/mol. The van der Waals surface area contributed by atoms with Crippen LogP contribution in [0, 0.1) is 24.1 Å². The zero-order valence-electron chi connectivity index (χ0n) is 16.8. The van der Waals surface area contributed by atoms with E-state index in [9.17, 15) is 22.8 Å². The third-order valence-corrected chi connectivity index (χ3v) is 5.10. The van der Waals surface area contributed by atoms with Gasteiger partial charge in [0.1, 0.15) is 22.6 Å². The van der Waals surface area contributed by atoms with E-state index in [0.29, 0.717) is 22.6 Å². The van der Waals surface area contributed by atoms with Crippen LogP contribution < -0.4 is 0 Å². The van der Waals surface area contributed by atoms with E-state index in [4.69, 9.17) is 11.6 Å². The van der Waals surface area contributed by atoms with Crippen molar-refractivity contribution in [2.24, 2.45) is 4.99 Å². The van der Waals surface area contributed by atoms with Gasteiger partial charge in [0, 0.05) is 6.21 Å². The van der Waals surface area contributed by atoms with Gasteiger partial charge in [0.2, 0.25) is 0 Å². The molecule has 166 valence electrons. The second kappa shape index (κ2) is 8.52. The Labute approximate surface area is 190 Å². The topological polar surface area (TPSA) is 71.8 Å². The summed E-state index contributed by atoms with van der Waals surface area (Å²) in [6, 6.07) is 11.9. The Kier molecular flexibility index (Phi) is 5.74. The largest absolute Gasteiger partial charge is 0.416 e. The van der Waals surface area contributed by atoms with Crippen molar-refractivity contribution in [3.63, 3.8) is 0 Å². The van der Waals surface area contributed by atoms with Crippen LogP contribution in [0.5, 0.6) is 0 Å². The monoisotopic (exact) mass is 472 g/mol. The first-order valence-electron chi connectivity index (χ1n) is 9.40. The van der Waals surface area contributed by atoms with E-state index in [-0.39, 0.29) is 16.5 Å². The van der Waals surface area contributed by atoms with Gasteiger partial charge in [-0.25, -0.2) is 18.7 Å². The van der Waals surface area contributed by atoms with Gasteiger partial charge < -0.3 is 0 Å². The highest BCUT2D eigenvalue weighted by Gasteiger charge is 2.30. The SMILES string of the molecule is Cc1nn(-c2ccc(F)cc2)c(Cl)c1C=Nc1c(C#N)cnn1-c1ccc(C(F)(F)F)cc1. The highest BCUT2D eigenvalue weighted by Crippen LogP contribution is 2.31. The number of aliphatic imine (C=N–C) groups is 1. The molecule has 0 bridgehead atoms. The van der Waals surface area contributed by atoms with Crippen LogP contribution in [0.15, 0.2) is 59.7 Å². The summed E-state index contributed by atoms with van der Waals surface area (Å²) in [5, 5.41) is 18.0. The fraction of sp³-hybridized carbons (Fsp3) is 0.0909. The number of rotatable bonds is 4. The van der Waals surface area contributed by atoms with Crippen molar-refractivity contribution >= 4 is 23.6 Å².